The highest BCUT2D eigenvalue weighted by atomic mass is 16.6. The summed E-state index contributed by atoms with van der Waals surface area (Å²) in [7, 11) is 0. The fourth-order valence-corrected chi connectivity index (χ4v) is 5.52. The highest BCUT2D eigenvalue weighted by Crippen LogP contribution is 2.45. The summed E-state index contributed by atoms with van der Waals surface area (Å²) < 4.78 is 32.5. The van der Waals surface area contributed by atoms with Gasteiger partial charge in [-0.1, -0.05) is 121 Å². The molecule has 4 aromatic carbocycles. The van der Waals surface area contributed by atoms with Gasteiger partial charge in [0, 0.05) is 5.92 Å². The molecule has 40 heavy (non-hydrogen) atoms. The zero-order chi connectivity index (χ0) is 27.0. The summed E-state index contributed by atoms with van der Waals surface area (Å²) in [5.41, 5.74) is 4.50. The maximum atomic E-state index is 6.70. The Hall–Kier alpha value is -3.32. The summed E-state index contributed by atoms with van der Waals surface area (Å²) in [4.78, 5) is 0. The molecule has 1 saturated heterocycles. The summed E-state index contributed by atoms with van der Waals surface area (Å²) in [6.45, 7) is 2.51. The molecule has 5 heteroatoms. The second kappa shape index (κ2) is 13.4. The van der Waals surface area contributed by atoms with Crippen molar-refractivity contribution in [2.45, 2.75) is 56.9 Å². The smallest absolute Gasteiger partial charge is 0.115 e. The van der Waals surface area contributed by atoms with Gasteiger partial charge in [-0.25, -0.2) is 0 Å². The minimum atomic E-state index is -0.318. The van der Waals surface area contributed by atoms with Crippen LogP contribution in [0.25, 0.3) is 0 Å². The zero-order valence-corrected chi connectivity index (χ0v) is 22.6. The maximum absolute atomic E-state index is 6.70. The Kier molecular flexibility index (Phi) is 8.98. The van der Waals surface area contributed by atoms with E-state index in [1.54, 1.807) is 0 Å². The van der Waals surface area contributed by atoms with Gasteiger partial charge < -0.3 is 23.7 Å². The molecule has 0 bridgehead atoms. The Bertz CT molecular complexity index is 1280. The highest BCUT2D eigenvalue weighted by Gasteiger charge is 2.62. The lowest BCUT2D eigenvalue weighted by Crippen LogP contribution is -2.55. The molecule has 1 aliphatic carbocycles. The third kappa shape index (κ3) is 6.87. The van der Waals surface area contributed by atoms with Gasteiger partial charge in [-0.05, 0) is 22.3 Å². The van der Waals surface area contributed by atoms with E-state index in [0.29, 0.717) is 33.0 Å². The summed E-state index contributed by atoms with van der Waals surface area (Å²) in [5, 5.41) is 0. The average molecular weight is 537 g/mol. The van der Waals surface area contributed by atoms with Crippen LogP contribution in [0.2, 0.25) is 0 Å². The predicted octanol–water partition coefficient (Wildman–Crippen LogP) is 6.36. The van der Waals surface area contributed by atoms with Gasteiger partial charge in [-0.15, -0.1) is 0 Å². The summed E-state index contributed by atoms with van der Waals surface area (Å²) in [6.07, 6.45) is -0.869. The van der Waals surface area contributed by atoms with Crippen LogP contribution in [0.5, 0.6) is 0 Å². The number of ether oxygens (including phenoxy) is 5. The van der Waals surface area contributed by atoms with E-state index in [-0.39, 0.29) is 36.4 Å². The van der Waals surface area contributed by atoms with Crippen LogP contribution < -0.4 is 0 Å². The first-order valence-corrected chi connectivity index (χ1v) is 14.1. The van der Waals surface area contributed by atoms with Crippen molar-refractivity contribution in [1.29, 1.82) is 0 Å². The monoisotopic (exact) mass is 536 g/mol. The average Bonchev–Trinajstić information content (AvgIpc) is 3.82. The van der Waals surface area contributed by atoms with Crippen molar-refractivity contribution in [3.63, 3.8) is 0 Å². The van der Waals surface area contributed by atoms with Gasteiger partial charge in [0.2, 0.25) is 0 Å². The van der Waals surface area contributed by atoms with Crippen molar-refractivity contribution in [1.82, 2.24) is 0 Å². The third-order valence-corrected chi connectivity index (χ3v) is 7.65. The standard InChI is InChI=1S/C35H36O5/c1-5-13-26(14-6-1)21-36-25-30-31(37-22-27-15-7-2-8-16-27)33(38-23-28-17-9-3-10-18-28)34(35-32(30)40-35)39-24-29-19-11-4-12-20-29/h1-20,30-35H,21-25H2/t30-,31-,32+,33+,34-,35+/m1/s1. The number of fused-ring (bicyclic) bond motifs is 1. The molecule has 2 aliphatic rings. The van der Waals surface area contributed by atoms with E-state index in [1.807, 2.05) is 72.8 Å². The molecule has 0 unspecified atom stereocenters. The van der Waals surface area contributed by atoms with Crippen LogP contribution in [-0.2, 0) is 50.1 Å². The molecule has 0 amide bonds. The Morgan fingerprint density at radius 2 is 0.825 bits per heavy atom. The number of hydrogen-bond donors (Lipinski definition) is 0. The van der Waals surface area contributed by atoms with Crippen LogP contribution >= 0.6 is 0 Å². The Morgan fingerprint density at radius 3 is 1.30 bits per heavy atom. The second-order valence-corrected chi connectivity index (χ2v) is 10.5. The van der Waals surface area contributed by atoms with E-state index in [9.17, 15) is 0 Å². The molecule has 1 heterocycles. The largest absolute Gasteiger partial charge is 0.376 e. The third-order valence-electron chi connectivity index (χ3n) is 7.65. The predicted molar refractivity (Wildman–Crippen MR) is 153 cm³/mol. The molecule has 1 aliphatic heterocycles. The molecule has 2 fully saturated rings. The lowest BCUT2D eigenvalue weighted by atomic mass is 9.82. The minimum absolute atomic E-state index is 0.00824. The molecule has 0 radical (unpaired) electrons. The maximum Gasteiger partial charge on any atom is 0.115 e. The molecule has 6 rings (SSSR count). The molecule has 206 valence electrons. The van der Waals surface area contributed by atoms with Crippen molar-refractivity contribution >= 4 is 0 Å². The van der Waals surface area contributed by atoms with Crippen molar-refractivity contribution in [2.24, 2.45) is 5.92 Å². The summed E-state index contributed by atoms with van der Waals surface area (Å²) in [5.74, 6) is 0.0229. The first-order valence-electron chi connectivity index (χ1n) is 14.1. The van der Waals surface area contributed by atoms with Crippen molar-refractivity contribution < 1.29 is 23.7 Å². The van der Waals surface area contributed by atoms with Gasteiger partial charge in [-0.2, -0.15) is 0 Å². The minimum Gasteiger partial charge on any atom is -0.376 e. The highest BCUT2D eigenvalue weighted by molar-refractivity contribution is 5.18. The normalized spacial score (nSPS) is 25.3. The molecule has 0 N–H and O–H groups in total. The Labute approximate surface area is 236 Å². The fraction of sp³-hybridized carbons (Fsp3) is 0.314. The zero-order valence-electron chi connectivity index (χ0n) is 22.6. The van der Waals surface area contributed by atoms with E-state index >= 15 is 0 Å². The van der Waals surface area contributed by atoms with E-state index < -0.39 is 0 Å². The Balaban J connectivity index is 1.23. The molecular formula is C35H36O5. The van der Waals surface area contributed by atoms with Gasteiger partial charge in [0.25, 0.3) is 0 Å². The first kappa shape index (κ1) is 26.9. The summed E-state index contributed by atoms with van der Waals surface area (Å²) >= 11 is 0. The first-order chi connectivity index (χ1) is 19.8. The van der Waals surface area contributed by atoms with Gasteiger partial charge in [-0.3, -0.25) is 0 Å². The van der Waals surface area contributed by atoms with Crippen LogP contribution in [0.15, 0.2) is 121 Å². The lowest BCUT2D eigenvalue weighted by molar-refractivity contribution is -0.185. The lowest BCUT2D eigenvalue weighted by Gasteiger charge is -2.40. The number of benzene rings is 4. The number of hydrogen-bond acceptors (Lipinski definition) is 5. The van der Waals surface area contributed by atoms with Crippen LogP contribution in [-0.4, -0.2) is 37.1 Å². The van der Waals surface area contributed by atoms with Crippen LogP contribution in [0.3, 0.4) is 0 Å². The fourth-order valence-electron chi connectivity index (χ4n) is 5.52. The van der Waals surface area contributed by atoms with Crippen LogP contribution in [0.4, 0.5) is 0 Å². The quantitative estimate of drug-likeness (QED) is 0.186. The van der Waals surface area contributed by atoms with Gasteiger partial charge in [0.15, 0.2) is 0 Å². The molecule has 0 spiro atoms. The molecule has 1 saturated carbocycles. The molecule has 5 nitrogen and oxygen atoms in total. The second-order valence-electron chi connectivity index (χ2n) is 10.5. The van der Waals surface area contributed by atoms with Crippen LogP contribution in [0, 0.1) is 5.92 Å². The van der Waals surface area contributed by atoms with Crippen molar-refractivity contribution in [3.8, 4) is 0 Å². The SMILES string of the molecule is c1ccc(COC[C@@H]2[C@@H](OCc3ccccc3)[C@H](OCc3ccccc3)[C@@H](OCc3ccccc3)[C@H]3O[C@@H]23)cc1. The molecule has 0 aromatic heterocycles. The van der Waals surface area contributed by atoms with E-state index in [1.165, 1.54) is 0 Å². The van der Waals surface area contributed by atoms with Crippen molar-refractivity contribution in [2.75, 3.05) is 6.61 Å². The number of epoxide rings is 1. The van der Waals surface area contributed by atoms with E-state index in [2.05, 4.69) is 48.5 Å². The van der Waals surface area contributed by atoms with Crippen molar-refractivity contribution in [3.05, 3.63) is 144 Å². The molecular weight excluding hydrogens is 500 g/mol. The van der Waals surface area contributed by atoms with Gasteiger partial charge >= 0.3 is 0 Å². The van der Waals surface area contributed by atoms with E-state index in [0.717, 1.165) is 22.3 Å². The van der Waals surface area contributed by atoms with E-state index in [4.69, 9.17) is 23.7 Å². The molecule has 4 aromatic rings. The van der Waals surface area contributed by atoms with Gasteiger partial charge in [0.05, 0.1) is 45.2 Å². The van der Waals surface area contributed by atoms with Crippen LogP contribution in [0.1, 0.15) is 22.3 Å². The van der Waals surface area contributed by atoms with Gasteiger partial charge in [0.1, 0.15) is 18.3 Å². The Morgan fingerprint density at radius 1 is 0.425 bits per heavy atom. The number of rotatable bonds is 13. The summed E-state index contributed by atoms with van der Waals surface area (Å²) in [6, 6.07) is 41.0. The molecule has 6 atom stereocenters. The topological polar surface area (TPSA) is 49.5 Å².